The number of nitrogens with zero attached hydrogens (tertiary/aromatic N) is 2. The monoisotopic (exact) mass is 312 g/mol. The smallest absolute Gasteiger partial charge is 0.123 e. The van der Waals surface area contributed by atoms with Gasteiger partial charge in [-0.1, -0.05) is 6.07 Å². The van der Waals surface area contributed by atoms with Crippen molar-refractivity contribution in [2.75, 3.05) is 6.61 Å². The molecular weight excluding hydrogens is 291 g/mol. The van der Waals surface area contributed by atoms with Crippen LogP contribution in [0.25, 0.3) is 0 Å². The molecule has 1 saturated carbocycles. The van der Waals surface area contributed by atoms with E-state index in [1.807, 2.05) is 18.5 Å². The first kappa shape index (κ1) is 14.6. The predicted octanol–water partition coefficient (Wildman–Crippen LogP) is 3.65. The number of hydrogen-bond donors (Lipinski definition) is 0. The number of piperidine rings is 1. The normalized spacial score (nSPS) is 26.6. The molecule has 0 amide bonds. The van der Waals surface area contributed by atoms with Gasteiger partial charge in [-0.25, -0.2) is 4.39 Å². The zero-order valence-corrected chi connectivity index (χ0v) is 13.1. The molecule has 2 aromatic rings. The average molecular weight is 312 g/mol. The maximum Gasteiger partial charge on any atom is 0.123 e. The SMILES string of the molecule is Fc1ccc(OC[C@H]2[C@H]3CC[C@@H](C3)N2Cc2cccnc2)cc1. The van der Waals surface area contributed by atoms with E-state index < -0.39 is 0 Å². The van der Waals surface area contributed by atoms with Crippen molar-refractivity contribution in [2.24, 2.45) is 5.92 Å². The lowest BCUT2D eigenvalue weighted by Gasteiger charge is -2.35. The average Bonchev–Trinajstić information content (AvgIpc) is 3.17. The summed E-state index contributed by atoms with van der Waals surface area (Å²) >= 11 is 0. The number of halogens is 1. The van der Waals surface area contributed by atoms with Gasteiger partial charge in [-0.2, -0.15) is 0 Å². The lowest BCUT2D eigenvalue weighted by Crippen LogP contribution is -2.43. The van der Waals surface area contributed by atoms with Crippen molar-refractivity contribution in [3.05, 3.63) is 60.2 Å². The van der Waals surface area contributed by atoms with Crippen LogP contribution in [-0.2, 0) is 6.54 Å². The molecule has 0 spiro atoms. The summed E-state index contributed by atoms with van der Waals surface area (Å²) in [6.45, 7) is 1.61. The van der Waals surface area contributed by atoms with Crippen LogP contribution in [0, 0.1) is 11.7 Å². The van der Waals surface area contributed by atoms with E-state index in [0.29, 0.717) is 18.7 Å². The molecule has 1 aromatic heterocycles. The number of fused-ring (bicyclic) bond motifs is 2. The Morgan fingerprint density at radius 1 is 1.17 bits per heavy atom. The molecule has 2 aliphatic rings. The van der Waals surface area contributed by atoms with Gasteiger partial charge in [0.1, 0.15) is 18.2 Å². The summed E-state index contributed by atoms with van der Waals surface area (Å²) in [5, 5.41) is 0. The Kier molecular flexibility index (Phi) is 4.00. The minimum atomic E-state index is -0.226. The van der Waals surface area contributed by atoms with Crippen molar-refractivity contribution in [2.45, 2.75) is 37.9 Å². The number of benzene rings is 1. The molecule has 1 aliphatic carbocycles. The second-order valence-electron chi connectivity index (χ2n) is 6.59. The fraction of sp³-hybridized carbons (Fsp3) is 0.421. The van der Waals surface area contributed by atoms with Gasteiger partial charge in [0.05, 0.1) is 0 Å². The van der Waals surface area contributed by atoms with Gasteiger partial charge in [-0.05, 0) is 61.1 Å². The molecule has 3 atom stereocenters. The second-order valence-corrected chi connectivity index (χ2v) is 6.59. The fourth-order valence-corrected chi connectivity index (χ4v) is 4.08. The van der Waals surface area contributed by atoms with Crippen molar-refractivity contribution >= 4 is 0 Å². The Bertz CT molecular complexity index is 646. The molecule has 120 valence electrons. The lowest BCUT2D eigenvalue weighted by atomic mass is 9.99. The van der Waals surface area contributed by atoms with Gasteiger partial charge in [-0.15, -0.1) is 0 Å². The van der Waals surface area contributed by atoms with Gasteiger partial charge < -0.3 is 4.74 Å². The summed E-state index contributed by atoms with van der Waals surface area (Å²) in [5.41, 5.74) is 1.26. The highest BCUT2D eigenvalue weighted by Crippen LogP contribution is 2.43. The van der Waals surface area contributed by atoms with Crippen LogP contribution < -0.4 is 4.74 Å². The molecule has 3 nitrogen and oxygen atoms in total. The number of pyridine rings is 1. The van der Waals surface area contributed by atoms with Crippen molar-refractivity contribution in [3.63, 3.8) is 0 Å². The molecule has 1 saturated heterocycles. The lowest BCUT2D eigenvalue weighted by molar-refractivity contribution is 0.0866. The van der Waals surface area contributed by atoms with E-state index in [9.17, 15) is 4.39 Å². The van der Waals surface area contributed by atoms with Crippen LogP contribution >= 0.6 is 0 Å². The molecule has 2 heterocycles. The van der Waals surface area contributed by atoms with Crippen LogP contribution in [0.5, 0.6) is 5.75 Å². The van der Waals surface area contributed by atoms with E-state index in [0.717, 1.165) is 18.2 Å². The highest BCUT2D eigenvalue weighted by Gasteiger charge is 2.45. The third-order valence-electron chi connectivity index (χ3n) is 5.21. The molecule has 2 fully saturated rings. The quantitative estimate of drug-likeness (QED) is 0.842. The largest absolute Gasteiger partial charge is 0.492 e. The Balaban J connectivity index is 1.44. The standard InChI is InChI=1S/C19H21FN2O/c20-16-4-7-18(8-5-16)23-13-19-15-3-6-17(10-15)22(19)12-14-2-1-9-21-11-14/h1-2,4-5,7-9,11,15,17,19H,3,6,10,12-13H2/t15-,17-,19-/m0/s1. The van der Waals surface area contributed by atoms with Crippen LogP contribution in [0.2, 0.25) is 0 Å². The number of hydrogen-bond acceptors (Lipinski definition) is 3. The molecule has 23 heavy (non-hydrogen) atoms. The number of rotatable bonds is 5. The molecule has 0 radical (unpaired) electrons. The summed E-state index contributed by atoms with van der Waals surface area (Å²) in [5.74, 6) is 1.24. The minimum Gasteiger partial charge on any atom is -0.492 e. The van der Waals surface area contributed by atoms with Crippen LogP contribution in [0.15, 0.2) is 48.8 Å². The first-order valence-electron chi connectivity index (χ1n) is 8.32. The van der Waals surface area contributed by atoms with Gasteiger partial charge in [0.2, 0.25) is 0 Å². The number of ether oxygens (including phenoxy) is 1. The van der Waals surface area contributed by atoms with Crippen molar-refractivity contribution in [1.82, 2.24) is 9.88 Å². The summed E-state index contributed by atoms with van der Waals surface area (Å²) in [6, 6.07) is 11.5. The summed E-state index contributed by atoms with van der Waals surface area (Å²) < 4.78 is 18.9. The fourth-order valence-electron chi connectivity index (χ4n) is 4.08. The molecule has 4 heteroatoms. The predicted molar refractivity (Wildman–Crippen MR) is 86.6 cm³/mol. The third-order valence-corrected chi connectivity index (χ3v) is 5.21. The number of likely N-dealkylation sites (tertiary alicyclic amines) is 1. The van der Waals surface area contributed by atoms with Gasteiger partial charge in [0, 0.05) is 31.0 Å². The summed E-state index contributed by atoms with van der Waals surface area (Å²) in [4.78, 5) is 6.80. The van der Waals surface area contributed by atoms with Crippen molar-refractivity contribution < 1.29 is 9.13 Å². The number of aromatic nitrogens is 1. The van der Waals surface area contributed by atoms with E-state index in [4.69, 9.17) is 4.74 Å². The maximum absolute atomic E-state index is 13.0. The maximum atomic E-state index is 13.0. The Labute approximate surface area is 136 Å². The zero-order chi connectivity index (χ0) is 15.6. The summed E-state index contributed by atoms with van der Waals surface area (Å²) in [6.07, 6.45) is 7.62. The molecule has 0 unspecified atom stereocenters. The zero-order valence-electron chi connectivity index (χ0n) is 13.1. The molecule has 0 N–H and O–H groups in total. The van der Waals surface area contributed by atoms with Gasteiger partial charge in [-0.3, -0.25) is 9.88 Å². The van der Waals surface area contributed by atoms with E-state index in [1.54, 1.807) is 12.1 Å². The Morgan fingerprint density at radius 2 is 2.04 bits per heavy atom. The van der Waals surface area contributed by atoms with Crippen LogP contribution in [0.1, 0.15) is 24.8 Å². The Morgan fingerprint density at radius 3 is 2.83 bits per heavy atom. The van der Waals surface area contributed by atoms with Crippen LogP contribution in [-0.4, -0.2) is 28.6 Å². The topological polar surface area (TPSA) is 25.4 Å². The minimum absolute atomic E-state index is 0.226. The van der Waals surface area contributed by atoms with Crippen LogP contribution in [0.3, 0.4) is 0 Å². The molecule has 1 aromatic carbocycles. The molecule has 4 rings (SSSR count). The van der Waals surface area contributed by atoms with E-state index >= 15 is 0 Å². The van der Waals surface area contributed by atoms with Gasteiger partial charge in [0.25, 0.3) is 0 Å². The first-order chi connectivity index (χ1) is 11.3. The Hall–Kier alpha value is -1.94. The van der Waals surface area contributed by atoms with E-state index in [2.05, 4.69) is 16.0 Å². The van der Waals surface area contributed by atoms with Gasteiger partial charge >= 0.3 is 0 Å². The highest BCUT2D eigenvalue weighted by atomic mass is 19.1. The van der Waals surface area contributed by atoms with E-state index in [1.165, 1.54) is 37.0 Å². The summed E-state index contributed by atoms with van der Waals surface area (Å²) in [7, 11) is 0. The van der Waals surface area contributed by atoms with Crippen molar-refractivity contribution in [1.29, 1.82) is 0 Å². The second kappa shape index (κ2) is 6.28. The molecule has 2 bridgehead atoms. The molecule has 1 aliphatic heterocycles. The van der Waals surface area contributed by atoms with E-state index in [-0.39, 0.29) is 5.82 Å². The first-order valence-corrected chi connectivity index (χ1v) is 8.32. The van der Waals surface area contributed by atoms with Gasteiger partial charge in [0.15, 0.2) is 0 Å². The van der Waals surface area contributed by atoms with Crippen molar-refractivity contribution in [3.8, 4) is 5.75 Å². The van der Waals surface area contributed by atoms with Crippen LogP contribution in [0.4, 0.5) is 4.39 Å². The third kappa shape index (κ3) is 3.08. The molecular formula is C19H21FN2O. The highest BCUT2D eigenvalue weighted by molar-refractivity contribution is 5.22.